The lowest BCUT2D eigenvalue weighted by Crippen LogP contribution is -2.22. The lowest BCUT2D eigenvalue weighted by atomic mass is 10.1. The van der Waals surface area contributed by atoms with Crippen LogP contribution in [0.1, 0.15) is 22.5 Å². The first-order chi connectivity index (χ1) is 15.9. The van der Waals surface area contributed by atoms with Crippen LogP contribution in [0.3, 0.4) is 0 Å². The lowest BCUT2D eigenvalue weighted by molar-refractivity contribution is 0.589. The van der Waals surface area contributed by atoms with Gasteiger partial charge in [0.05, 0.1) is 12.1 Å². The Balaban J connectivity index is 1.57. The summed E-state index contributed by atoms with van der Waals surface area (Å²) in [4.78, 5) is 9.07. The van der Waals surface area contributed by atoms with E-state index in [9.17, 15) is 12.8 Å². The average Bonchev–Trinajstić information content (AvgIpc) is 2.82. The second-order valence-electron chi connectivity index (χ2n) is 7.48. The van der Waals surface area contributed by atoms with E-state index in [-0.39, 0.29) is 18.9 Å². The molecule has 1 aromatic heterocycles. The van der Waals surface area contributed by atoms with Gasteiger partial charge in [0.25, 0.3) is 0 Å². The second-order valence-corrected chi connectivity index (χ2v) is 9.13. The van der Waals surface area contributed by atoms with E-state index in [2.05, 4.69) is 20.0 Å². The predicted octanol–water partition coefficient (Wildman–Crippen LogP) is 4.78. The van der Waals surface area contributed by atoms with Gasteiger partial charge >= 0.3 is 0 Å². The molecule has 0 spiro atoms. The highest BCUT2D eigenvalue weighted by atomic mass is 32.2. The summed E-state index contributed by atoms with van der Waals surface area (Å²) in [6.45, 7) is 2.07. The van der Waals surface area contributed by atoms with Gasteiger partial charge in [-0.2, -0.15) is 0 Å². The second kappa shape index (κ2) is 9.89. The van der Waals surface area contributed by atoms with Crippen LogP contribution in [-0.2, 0) is 23.1 Å². The summed E-state index contributed by atoms with van der Waals surface area (Å²) in [5.41, 5.74) is 2.92. The van der Waals surface area contributed by atoms with Gasteiger partial charge in [-0.3, -0.25) is 0 Å². The summed E-state index contributed by atoms with van der Waals surface area (Å²) in [5.74, 6) is 0.517. The number of nitrogens with one attached hydrogen (secondary N) is 2. The molecule has 0 aliphatic rings. The minimum absolute atomic E-state index is 0.0832. The summed E-state index contributed by atoms with van der Waals surface area (Å²) >= 11 is 0. The van der Waals surface area contributed by atoms with Crippen LogP contribution < -0.4 is 10.0 Å². The molecular formula is C25H23FN4O2S. The number of para-hydroxylation sites is 1. The largest absolute Gasteiger partial charge is 0.365 e. The molecule has 0 amide bonds. The molecule has 0 fully saturated rings. The van der Waals surface area contributed by atoms with Gasteiger partial charge in [-0.25, -0.2) is 27.5 Å². The standard InChI is InChI=1S/C25H23FN4O2S/c1-18-8-7-12-21-24(18)29-23(30-25(21)27-16-20-11-5-6-13-22(20)26)17-28-33(31,32)15-14-19-9-3-2-4-10-19/h2-15,28H,16-17H2,1H3,(H,27,29,30). The van der Waals surface area contributed by atoms with E-state index in [1.165, 1.54) is 12.1 Å². The number of halogens is 1. The van der Waals surface area contributed by atoms with Crippen molar-refractivity contribution >= 4 is 32.8 Å². The van der Waals surface area contributed by atoms with Crippen molar-refractivity contribution in [3.8, 4) is 0 Å². The van der Waals surface area contributed by atoms with E-state index < -0.39 is 10.0 Å². The quantitative estimate of drug-likeness (QED) is 0.394. The van der Waals surface area contributed by atoms with Crippen LogP contribution in [0.4, 0.5) is 10.2 Å². The number of hydrogen-bond donors (Lipinski definition) is 2. The Bertz CT molecular complexity index is 1410. The highest BCUT2D eigenvalue weighted by Crippen LogP contribution is 2.24. The molecule has 33 heavy (non-hydrogen) atoms. The molecule has 6 nitrogen and oxygen atoms in total. The third kappa shape index (κ3) is 5.79. The number of nitrogens with zero attached hydrogens (tertiary/aromatic N) is 2. The van der Waals surface area contributed by atoms with Gasteiger partial charge in [-0.1, -0.05) is 60.7 Å². The average molecular weight is 463 g/mol. The molecule has 0 bridgehead atoms. The highest BCUT2D eigenvalue weighted by Gasteiger charge is 2.13. The SMILES string of the molecule is Cc1cccc2c(NCc3ccccc3F)nc(CNS(=O)(=O)C=Cc3ccccc3)nc12. The Kier molecular flexibility index (Phi) is 6.76. The lowest BCUT2D eigenvalue weighted by Gasteiger charge is -2.13. The number of aryl methyl sites for hydroxylation is 1. The molecule has 0 saturated carbocycles. The molecule has 0 unspecified atom stereocenters. The summed E-state index contributed by atoms with van der Waals surface area (Å²) in [5, 5.41) is 5.07. The summed E-state index contributed by atoms with van der Waals surface area (Å²) in [6, 6.07) is 21.4. The van der Waals surface area contributed by atoms with Crippen molar-refractivity contribution in [3.05, 3.63) is 107 Å². The van der Waals surface area contributed by atoms with Crippen molar-refractivity contribution in [1.29, 1.82) is 0 Å². The predicted molar refractivity (Wildman–Crippen MR) is 129 cm³/mol. The van der Waals surface area contributed by atoms with Crippen LogP contribution in [0.25, 0.3) is 17.0 Å². The topological polar surface area (TPSA) is 84.0 Å². The molecule has 0 aliphatic carbocycles. The van der Waals surface area contributed by atoms with Crippen LogP contribution in [0.15, 0.2) is 78.2 Å². The van der Waals surface area contributed by atoms with Crippen molar-refractivity contribution in [2.45, 2.75) is 20.0 Å². The Morgan fingerprint density at radius 2 is 1.67 bits per heavy atom. The van der Waals surface area contributed by atoms with Crippen LogP contribution in [-0.4, -0.2) is 18.4 Å². The number of sulfonamides is 1. The van der Waals surface area contributed by atoms with Crippen LogP contribution in [0.5, 0.6) is 0 Å². The fourth-order valence-corrected chi connectivity index (χ4v) is 4.08. The number of anilines is 1. The highest BCUT2D eigenvalue weighted by molar-refractivity contribution is 7.92. The Labute approximate surface area is 192 Å². The van der Waals surface area contributed by atoms with E-state index in [0.717, 1.165) is 21.9 Å². The number of hydrogen-bond acceptors (Lipinski definition) is 5. The maximum atomic E-state index is 14.0. The zero-order chi connectivity index (χ0) is 23.3. The third-order valence-electron chi connectivity index (χ3n) is 5.05. The van der Waals surface area contributed by atoms with Gasteiger partial charge in [0.2, 0.25) is 10.0 Å². The molecule has 0 saturated heterocycles. The molecule has 3 aromatic carbocycles. The number of fused-ring (bicyclic) bond motifs is 1. The maximum Gasteiger partial charge on any atom is 0.234 e. The third-order valence-corrected chi connectivity index (χ3v) is 6.09. The number of rotatable bonds is 8. The number of aromatic nitrogens is 2. The van der Waals surface area contributed by atoms with Crippen LogP contribution >= 0.6 is 0 Å². The minimum atomic E-state index is -3.70. The first kappa shape index (κ1) is 22.6. The van der Waals surface area contributed by atoms with Crippen LogP contribution in [0, 0.1) is 12.7 Å². The van der Waals surface area contributed by atoms with Gasteiger partial charge in [0.15, 0.2) is 0 Å². The summed E-state index contributed by atoms with van der Waals surface area (Å²) in [6.07, 6.45) is 1.52. The van der Waals surface area contributed by atoms with Gasteiger partial charge < -0.3 is 5.32 Å². The van der Waals surface area contributed by atoms with Crippen molar-refractivity contribution < 1.29 is 12.8 Å². The molecule has 8 heteroatoms. The van der Waals surface area contributed by atoms with E-state index in [4.69, 9.17) is 0 Å². The molecule has 168 valence electrons. The first-order valence-electron chi connectivity index (χ1n) is 10.4. The monoisotopic (exact) mass is 462 g/mol. The number of benzene rings is 3. The zero-order valence-corrected chi connectivity index (χ0v) is 18.8. The van der Waals surface area contributed by atoms with Crippen molar-refractivity contribution in [2.24, 2.45) is 0 Å². The molecule has 1 heterocycles. The Morgan fingerprint density at radius 3 is 2.45 bits per heavy atom. The van der Waals surface area contributed by atoms with Crippen molar-refractivity contribution in [1.82, 2.24) is 14.7 Å². The van der Waals surface area contributed by atoms with Gasteiger partial charge in [-0.05, 0) is 36.3 Å². The Hall–Kier alpha value is -3.62. The molecule has 0 atom stereocenters. The summed E-state index contributed by atoms with van der Waals surface area (Å²) in [7, 11) is -3.70. The first-order valence-corrected chi connectivity index (χ1v) is 11.9. The van der Waals surface area contributed by atoms with Gasteiger partial charge in [0.1, 0.15) is 17.5 Å². The van der Waals surface area contributed by atoms with Gasteiger partial charge in [-0.15, -0.1) is 0 Å². The molecule has 4 aromatic rings. The van der Waals surface area contributed by atoms with Crippen molar-refractivity contribution in [2.75, 3.05) is 5.32 Å². The van der Waals surface area contributed by atoms with E-state index in [1.54, 1.807) is 18.2 Å². The van der Waals surface area contributed by atoms with Crippen LogP contribution in [0.2, 0.25) is 0 Å². The zero-order valence-electron chi connectivity index (χ0n) is 18.0. The normalized spacial score (nSPS) is 11.8. The molecule has 4 rings (SSSR count). The van der Waals surface area contributed by atoms with E-state index in [0.29, 0.717) is 22.7 Å². The smallest absolute Gasteiger partial charge is 0.234 e. The maximum absolute atomic E-state index is 14.0. The van der Waals surface area contributed by atoms with Gasteiger partial charge in [0, 0.05) is 22.9 Å². The molecule has 0 aliphatic heterocycles. The van der Waals surface area contributed by atoms with Crippen molar-refractivity contribution in [3.63, 3.8) is 0 Å². The van der Waals surface area contributed by atoms with E-state index in [1.807, 2.05) is 55.5 Å². The minimum Gasteiger partial charge on any atom is -0.365 e. The molecule has 0 radical (unpaired) electrons. The Morgan fingerprint density at radius 1 is 0.909 bits per heavy atom. The fraction of sp³-hybridized carbons (Fsp3) is 0.120. The summed E-state index contributed by atoms with van der Waals surface area (Å²) < 4.78 is 41.4. The molecule has 2 N–H and O–H groups in total. The van der Waals surface area contributed by atoms with E-state index >= 15 is 0 Å². The molecular weight excluding hydrogens is 439 g/mol. The fourth-order valence-electron chi connectivity index (χ4n) is 3.32.